The summed E-state index contributed by atoms with van der Waals surface area (Å²) in [6.45, 7) is 0. The molecular formula is C17H15ClN2O2. The Hall–Kier alpha value is -2.59. The fraction of sp³-hybridized carbons (Fsp3) is 0.0588. The second-order valence-electron chi connectivity index (χ2n) is 4.56. The van der Waals surface area contributed by atoms with E-state index in [1.54, 1.807) is 54.6 Å². The quantitative estimate of drug-likeness (QED) is 0.291. The molecule has 0 aliphatic rings. The number of hydrogen-bond acceptors (Lipinski definition) is 2. The molecule has 0 saturated carbocycles. The maximum Gasteiger partial charge on any atom is 0.336 e. The van der Waals surface area contributed by atoms with Crippen molar-refractivity contribution in [2.24, 2.45) is 10.7 Å². The first kappa shape index (κ1) is 15.8. The third kappa shape index (κ3) is 4.20. The van der Waals surface area contributed by atoms with Gasteiger partial charge in [-0.2, -0.15) is 0 Å². The van der Waals surface area contributed by atoms with Gasteiger partial charge in [0.25, 0.3) is 0 Å². The number of benzene rings is 2. The maximum absolute atomic E-state index is 11.4. The summed E-state index contributed by atoms with van der Waals surface area (Å²) in [5.41, 5.74) is 7.90. The van der Waals surface area contributed by atoms with Crippen molar-refractivity contribution >= 4 is 40.7 Å². The van der Waals surface area contributed by atoms with Gasteiger partial charge in [0.05, 0.1) is 17.1 Å². The van der Waals surface area contributed by atoms with Crippen molar-refractivity contribution in [1.29, 1.82) is 0 Å². The van der Waals surface area contributed by atoms with Crippen molar-refractivity contribution in [2.75, 3.05) is 5.88 Å². The molecule has 0 spiro atoms. The van der Waals surface area contributed by atoms with Gasteiger partial charge < -0.3 is 10.8 Å². The van der Waals surface area contributed by atoms with Gasteiger partial charge in [0, 0.05) is 0 Å². The number of rotatable bonds is 5. The summed E-state index contributed by atoms with van der Waals surface area (Å²) in [6.07, 6.45) is 1.62. The molecule has 0 aliphatic heterocycles. The molecule has 0 atom stereocenters. The predicted molar refractivity (Wildman–Crippen MR) is 90.4 cm³/mol. The van der Waals surface area contributed by atoms with Crippen LogP contribution in [0.4, 0.5) is 5.69 Å². The van der Waals surface area contributed by atoms with Gasteiger partial charge >= 0.3 is 5.97 Å². The highest BCUT2D eigenvalue weighted by molar-refractivity contribution is 6.28. The lowest BCUT2D eigenvalue weighted by molar-refractivity contribution is -0.130. The van der Waals surface area contributed by atoms with Gasteiger partial charge in [0.1, 0.15) is 5.84 Å². The van der Waals surface area contributed by atoms with Crippen molar-refractivity contribution in [2.45, 2.75) is 0 Å². The molecule has 0 radical (unpaired) electrons. The molecule has 112 valence electrons. The number of nitrogens with two attached hydrogens (primary N) is 1. The number of alkyl halides is 1. The zero-order valence-electron chi connectivity index (χ0n) is 11.7. The summed E-state index contributed by atoms with van der Waals surface area (Å²) in [6, 6.07) is 16.1. The molecule has 0 unspecified atom stereocenters. The molecule has 4 nitrogen and oxygen atoms in total. The third-order valence-electron chi connectivity index (χ3n) is 2.93. The normalized spacial score (nSPS) is 12.2. The van der Waals surface area contributed by atoms with Gasteiger partial charge in [-0.25, -0.2) is 9.79 Å². The van der Waals surface area contributed by atoms with Crippen LogP contribution in [0.3, 0.4) is 0 Å². The number of hydrogen-bond donors (Lipinski definition) is 2. The highest BCUT2D eigenvalue weighted by atomic mass is 35.5. The minimum atomic E-state index is -0.973. The number of aliphatic imine (C=N–C) groups is 1. The number of carboxylic acid groups (broad SMARTS) is 1. The van der Waals surface area contributed by atoms with Gasteiger partial charge in [0.15, 0.2) is 0 Å². The zero-order chi connectivity index (χ0) is 15.9. The molecule has 0 aliphatic carbocycles. The van der Waals surface area contributed by atoms with E-state index in [0.717, 1.165) is 5.56 Å². The average molecular weight is 315 g/mol. The number of halogens is 1. The number of nitrogens with zero attached hydrogens (tertiary/aromatic N) is 1. The molecule has 0 amide bonds. The fourth-order valence-corrected chi connectivity index (χ4v) is 1.95. The van der Waals surface area contributed by atoms with Crippen molar-refractivity contribution in [3.63, 3.8) is 0 Å². The van der Waals surface area contributed by atoms with Crippen molar-refractivity contribution in [1.82, 2.24) is 0 Å². The van der Waals surface area contributed by atoms with E-state index in [9.17, 15) is 9.90 Å². The highest BCUT2D eigenvalue weighted by Crippen LogP contribution is 2.20. The number of aliphatic carboxylic acids is 1. The Morgan fingerprint density at radius 2 is 1.77 bits per heavy atom. The second kappa shape index (κ2) is 7.43. The fourth-order valence-electron chi connectivity index (χ4n) is 1.89. The monoisotopic (exact) mass is 314 g/mol. The van der Waals surface area contributed by atoms with E-state index in [2.05, 4.69) is 4.99 Å². The summed E-state index contributed by atoms with van der Waals surface area (Å²) in [4.78, 5) is 15.6. The number of carbonyl (C=O) groups is 1. The number of amidine groups is 1. The standard InChI is InChI=1S/C17H15ClN2O2/c18-11-16(19)20-14-8-6-12(7-9-14)10-15(17(21)22)13-4-2-1-3-5-13/h1-10H,11H2,(H2,19,20)(H,21,22). The first-order valence-electron chi connectivity index (χ1n) is 6.59. The van der Waals surface area contributed by atoms with Crippen LogP contribution < -0.4 is 5.73 Å². The first-order valence-corrected chi connectivity index (χ1v) is 7.13. The first-order chi connectivity index (χ1) is 10.6. The van der Waals surface area contributed by atoms with Gasteiger partial charge in [-0.15, -0.1) is 11.6 Å². The molecule has 2 aromatic rings. The van der Waals surface area contributed by atoms with E-state index in [1.807, 2.05) is 6.07 Å². The summed E-state index contributed by atoms with van der Waals surface area (Å²) in [5, 5.41) is 9.37. The molecule has 0 fully saturated rings. The minimum Gasteiger partial charge on any atom is -0.478 e. The van der Waals surface area contributed by atoms with Crippen LogP contribution in [0, 0.1) is 0 Å². The van der Waals surface area contributed by atoms with E-state index < -0.39 is 5.97 Å². The molecule has 3 N–H and O–H groups in total. The van der Waals surface area contributed by atoms with Crippen LogP contribution in [0.2, 0.25) is 0 Å². The van der Waals surface area contributed by atoms with Crippen LogP contribution in [-0.4, -0.2) is 22.8 Å². The summed E-state index contributed by atoms with van der Waals surface area (Å²) < 4.78 is 0. The largest absolute Gasteiger partial charge is 0.478 e. The Bertz CT molecular complexity index is 707. The third-order valence-corrected chi connectivity index (χ3v) is 3.20. The topological polar surface area (TPSA) is 75.7 Å². The SMILES string of the molecule is NC(CCl)=Nc1ccc(C=C(C(=O)O)c2ccccc2)cc1. The van der Waals surface area contributed by atoms with E-state index in [1.165, 1.54) is 0 Å². The Labute approximate surface area is 133 Å². The molecule has 0 bridgehead atoms. The van der Waals surface area contributed by atoms with Gasteiger partial charge in [0.2, 0.25) is 0 Å². The maximum atomic E-state index is 11.4. The van der Waals surface area contributed by atoms with Crippen molar-refractivity contribution < 1.29 is 9.90 Å². The number of carboxylic acids is 1. The minimum absolute atomic E-state index is 0.165. The van der Waals surface area contributed by atoms with Crippen LogP contribution in [0.1, 0.15) is 11.1 Å². The molecule has 22 heavy (non-hydrogen) atoms. The van der Waals surface area contributed by atoms with Crippen LogP contribution in [0.15, 0.2) is 59.6 Å². The smallest absolute Gasteiger partial charge is 0.336 e. The molecule has 2 rings (SSSR count). The Morgan fingerprint density at radius 1 is 1.14 bits per heavy atom. The van der Waals surface area contributed by atoms with E-state index in [0.29, 0.717) is 17.1 Å². The molecule has 0 saturated heterocycles. The lowest BCUT2D eigenvalue weighted by atomic mass is 10.0. The highest BCUT2D eigenvalue weighted by Gasteiger charge is 2.09. The molecule has 2 aromatic carbocycles. The van der Waals surface area contributed by atoms with Crippen molar-refractivity contribution in [3.8, 4) is 0 Å². The molecule has 5 heteroatoms. The van der Waals surface area contributed by atoms with Crippen molar-refractivity contribution in [3.05, 3.63) is 65.7 Å². The van der Waals surface area contributed by atoms with Gasteiger partial charge in [-0.3, -0.25) is 0 Å². The average Bonchev–Trinajstić information content (AvgIpc) is 2.54. The van der Waals surface area contributed by atoms with E-state index in [4.69, 9.17) is 17.3 Å². The summed E-state index contributed by atoms with van der Waals surface area (Å²) >= 11 is 5.57. The van der Waals surface area contributed by atoms with Gasteiger partial charge in [-0.1, -0.05) is 42.5 Å². The van der Waals surface area contributed by atoms with Crippen LogP contribution >= 0.6 is 11.6 Å². The Balaban J connectivity index is 2.32. The van der Waals surface area contributed by atoms with Gasteiger partial charge in [-0.05, 0) is 29.3 Å². The zero-order valence-corrected chi connectivity index (χ0v) is 12.5. The van der Waals surface area contributed by atoms with Crippen LogP contribution in [0.5, 0.6) is 0 Å². The Kier molecular flexibility index (Phi) is 5.33. The molecule has 0 aromatic heterocycles. The lowest BCUT2D eigenvalue weighted by Gasteiger charge is -2.03. The second-order valence-corrected chi connectivity index (χ2v) is 4.82. The lowest BCUT2D eigenvalue weighted by Crippen LogP contribution is -2.12. The Morgan fingerprint density at radius 3 is 2.32 bits per heavy atom. The predicted octanol–water partition coefficient (Wildman–Crippen LogP) is 3.54. The summed E-state index contributed by atoms with van der Waals surface area (Å²) in [5.74, 6) is -0.473. The summed E-state index contributed by atoms with van der Waals surface area (Å²) in [7, 11) is 0. The van der Waals surface area contributed by atoms with E-state index in [-0.39, 0.29) is 11.5 Å². The van der Waals surface area contributed by atoms with Crippen LogP contribution in [-0.2, 0) is 4.79 Å². The molecular weight excluding hydrogens is 300 g/mol. The van der Waals surface area contributed by atoms with Crippen LogP contribution in [0.25, 0.3) is 11.6 Å². The van der Waals surface area contributed by atoms with E-state index >= 15 is 0 Å². The molecule has 0 heterocycles.